The quantitative estimate of drug-likeness (QED) is 0.873. The normalized spacial score (nSPS) is 29.0. The summed E-state index contributed by atoms with van der Waals surface area (Å²) >= 11 is 0. The number of hydrogen-bond donors (Lipinski definition) is 1. The summed E-state index contributed by atoms with van der Waals surface area (Å²) in [4.78, 5) is 3.96. The van der Waals surface area contributed by atoms with Crippen LogP contribution in [0.4, 0.5) is 8.78 Å². The molecule has 1 aliphatic carbocycles. The van der Waals surface area contributed by atoms with Crippen LogP contribution in [0.2, 0.25) is 0 Å². The standard InChI is InChI=1S/C17H24F2N2O2/c1-17(2)15(12-4-3-7-22-16(12)17)21-9-11-5-6-20-14(8-11)23-10-13(18)19/h5-6,8,12-13,15-16,21H,3-4,7,9-10H2,1-2H3/t12-,15-,16-/m1/s1. The predicted octanol–water partition coefficient (Wildman–Crippen LogP) is 3.02. The average Bonchev–Trinajstić information content (AvgIpc) is 2.53. The highest BCUT2D eigenvalue weighted by atomic mass is 19.3. The van der Waals surface area contributed by atoms with Gasteiger partial charge in [0.05, 0.1) is 6.10 Å². The van der Waals surface area contributed by atoms with E-state index in [4.69, 9.17) is 9.47 Å². The fraction of sp³-hybridized carbons (Fsp3) is 0.706. The van der Waals surface area contributed by atoms with E-state index in [1.165, 1.54) is 6.42 Å². The minimum Gasteiger partial charge on any atom is -0.472 e. The van der Waals surface area contributed by atoms with Crippen LogP contribution in [-0.4, -0.2) is 36.8 Å². The molecule has 2 fully saturated rings. The molecule has 0 unspecified atom stereocenters. The number of nitrogens with one attached hydrogen (secondary N) is 1. The fourth-order valence-corrected chi connectivity index (χ4v) is 3.95. The lowest BCUT2D eigenvalue weighted by molar-refractivity contribution is -0.192. The van der Waals surface area contributed by atoms with Crippen molar-refractivity contribution in [2.24, 2.45) is 11.3 Å². The first-order chi connectivity index (χ1) is 11.0. The zero-order chi connectivity index (χ0) is 16.4. The topological polar surface area (TPSA) is 43.4 Å². The van der Waals surface area contributed by atoms with Gasteiger partial charge in [-0.05, 0) is 24.5 Å². The lowest BCUT2D eigenvalue weighted by Gasteiger charge is -2.60. The van der Waals surface area contributed by atoms with E-state index in [0.717, 1.165) is 18.6 Å². The fourth-order valence-electron chi connectivity index (χ4n) is 3.95. The van der Waals surface area contributed by atoms with Crippen molar-refractivity contribution in [1.29, 1.82) is 0 Å². The minimum atomic E-state index is -2.49. The molecule has 4 nitrogen and oxygen atoms in total. The second-order valence-corrected chi connectivity index (χ2v) is 6.98. The van der Waals surface area contributed by atoms with Gasteiger partial charge in [0.25, 0.3) is 6.43 Å². The van der Waals surface area contributed by atoms with Gasteiger partial charge in [-0.15, -0.1) is 0 Å². The molecule has 23 heavy (non-hydrogen) atoms. The largest absolute Gasteiger partial charge is 0.472 e. The van der Waals surface area contributed by atoms with Crippen LogP contribution in [0.5, 0.6) is 5.88 Å². The Balaban J connectivity index is 1.57. The number of hydrogen-bond acceptors (Lipinski definition) is 4. The van der Waals surface area contributed by atoms with Crippen molar-refractivity contribution >= 4 is 0 Å². The van der Waals surface area contributed by atoms with Gasteiger partial charge in [0.2, 0.25) is 5.88 Å². The van der Waals surface area contributed by atoms with Gasteiger partial charge in [0, 0.05) is 42.8 Å². The summed E-state index contributed by atoms with van der Waals surface area (Å²) in [6, 6.07) is 4.00. The Labute approximate surface area is 135 Å². The van der Waals surface area contributed by atoms with Crippen molar-refractivity contribution in [3.63, 3.8) is 0 Å². The monoisotopic (exact) mass is 326 g/mol. The average molecular weight is 326 g/mol. The van der Waals surface area contributed by atoms with Crippen molar-refractivity contribution in [1.82, 2.24) is 10.3 Å². The number of pyridine rings is 1. The molecular formula is C17H24F2N2O2. The molecule has 2 heterocycles. The van der Waals surface area contributed by atoms with Crippen LogP contribution in [-0.2, 0) is 11.3 Å². The first-order valence-corrected chi connectivity index (χ1v) is 8.19. The Kier molecular flexibility index (Phi) is 4.82. The Morgan fingerprint density at radius 2 is 2.30 bits per heavy atom. The highest BCUT2D eigenvalue weighted by Crippen LogP contribution is 2.51. The number of ether oxygens (including phenoxy) is 2. The third kappa shape index (κ3) is 3.48. The van der Waals surface area contributed by atoms with Crippen LogP contribution < -0.4 is 10.1 Å². The highest BCUT2D eigenvalue weighted by molar-refractivity contribution is 5.21. The van der Waals surface area contributed by atoms with Crippen LogP contribution in [0.15, 0.2) is 18.3 Å². The summed E-state index contributed by atoms with van der Waals surface area (Å²) in [7, 11) is 0. The summed E-state index contributed by atoms with van der Waals surface area (Å²) < 4.78 is 35.3. The van der Waals surface area contributed by atoms with Gasteiger partial charge >= 0.3 is 0 Å². The molecule has 1 saturated heterocycles. The van der Waals surface area contributed by atoms with Crippen LogP contribution in [0.1, 0.15) is 32.3 Å². The molecule has 1 aromatic rings. The lowest BCUT2D eigenvalue weighted by Crippen LogP contribution is -2.69. The van der Waals surface area contributed by atoms with Gasteiger partial charge in [-0.1, -0.05) is 13.8 Å². The maximum atomic E-state index is 12.2. The van der Waals surface area contributed by atoms with Gasteiger partial charge in [0.1, 0.15) is 0 Å². The van der Waals surface area contributed by atoms with E-state index < -0.39 is 13.0 Å². The summed E-state index contributed by atoms with van der Waals surface area (Å²) in [6.07, 6.45) is 1.77. The van der Waals surface area contributed by atoms with E-state index in [2.05, 4.69) is 24.1 Å². The summed E-state index contributed by atoms with van der Waals surface area (Å²) in [5.41, 5.74) is 1.10. The third-order valence-electron chi connectivity index (χ3n) is 5.01. The molecule has 0 radical (unpaired) electrons. The number of fused-ring (bicyclic) bond motifs is 1. The minimum absolute atomic E-state index is 0.118. The molecule has 1 aliphatic heterocycles. The Hall–Kier alpha value is -1.27. The van der Waals surface area contributed by atoms with Gasteiger partial charge in [-0.3, -0.25) is 0 Å². The van der Waals surface area contributed by atoms with E-state index in [-0.39, 0.29) is 11.3 Å². The molecule has 3 rings (SSSR count). The molecule has 0 bridgehead atoms. The number of rotatable bonds is 6. The lowest BCUT2D eigenvalue weighted by atomic mass is 9.55. The van der Waals surface area contributed by atoms with Crippen LogP contribution in [0.3, 0.4) is 0 Å². The summed E-state index contributed by atoms with van der Waals surface area (Å²) in [5.74, 6) is 0.812. The number of halogens is 2. The first kappa shape index (κ1) is 16.6. The second kappa shape index (κ2) is 6.69. The van der Waals surface area contributed by atoms with E-state index in [0.29, 0.717) is 24.6 Å². The molecule has 128 valence electrons. The van der Waals surface area contributed by atoms with Gasteiger partial charge in [0.15, 0.2) is 6.61 Å². The van der Waals surface area contributed by atoms with Crippen LogP contribution >= 0.6 is 0 Å². The molecular weight excluding hydrogens is 302 g/mol. The molecule has 0 amide bonds. The Bertz CT molecular complexity index is 539. The Morgan fingerprint density at radius 3 is 3.09 bits per heavy atom. The molecule has 3 atom stereocenters. The molecule has 2 aliphatic rings. The first-order valence-electron chi connectivity index (χ1n) is 8.19. The molecule has 1 aromatic heterocycles. The van der Waals surface area contributed by atoms with Crippen molar-refractivity contribution in [2.45, 2.75) is 51.8 Å². The SMILES string of the molecule is CC1(C)[C@H](NCc2ccnc(OCC(F)F)c2)[C@H]2CCCO[C@H]21. The molecule has 1 saturated carbocycles. The maximum absolute atomic E-state index is 12.2. The molecule has 6 heteroatoms. The van der Waals surface area contributed by atoms with Gasteiger partial charge in [-0.25, -0.2) is 13.8 Å². The van der Waals surface area contributed by atoms with Crippen molar-refractivity contribution in [2.75, 3.05) is 13.2 Å². The zero-order valence-corrected chi connectivity index (χ0v) is 13.6. The van der Waals surface area contributed by atoms with Gasteiger partial charge in [-0.2, -0.15) is 0 Å². The predicted molar refractivity (Wildman–Crippen MR) is 82.6 cm³/mol. The van der Waals surface area contributed by atoms with Crippen molar-refractivity contribution in [3.8, 4) is 5.88 Å². The molecule has 0 aromatic carbocycles. The van der Waals surface area contributed by atoms with Crippen molar-refractivity contribution < 1.29 is 18.3 Å². The van der Waals surface area contributed by atoms with E-state index in [1.54, 1.807) is 12.3 Å². The molecule has 1 N–H and O–H groups in total. The van der Waals surface area contributed by atoms with Crippen LogP contribution in [0.25, 0.3) is 0 Å². The summed E-state index contributed by atoms with van der Waals surface area (Å²) in [6.45, 7) is 5.39. The number of alkyl halides is 2. The van der Waals surface area contributed by atoms with E-state index >= 15 is 0 Å². The smallest absolute Gasteiger partial charge is 0.272 e. The maximum Gasteiger partial charge on any atom is 0.272 e. The van der Waals surface area contributed by atoms with Gasteiger partial charge < -0.3 is 14.8 Å². The Morgan fingerprint density at radius 1 is 1.48 bits per heavy atom. The number of aromatic nitrogens is 1. The molecule has 0 spiro atoms. The zero-order valence-electron chi connectivity index (χ0n) is 13.6. The van der Waals surface area contributed by atoms with E-state index in [9.17, 15) is 8.78 Å². The summed E-state index contributed by atoms with van der Waals surface area (Å²) in [5, 5.41) is 3.61. The third-order valence-corrected chi connectivity index (χ3v) is 5.01. The highest BCUT2D eigenvalue weighted by Gasteiger charge is 2.57. The van der Waals surface area contributed by atoms with Crippen LogP contribution in [0, 0.1) is 11.3 Å². The number of nitrogens with zero attached hydrogens (tertiary/aromatic N) is 1. The second-order valence-electron chi connectivity index (χ2n) is 6.98. The van der Waals surface area contributed by atoms with E-state index in [1.807, 2.05) is 6.07 Å². The van der Waals surface area contributed by atoms with Crippen molar-refractivity contribution in [3.05, 3.63) is 23.9 Å².